The zero-order chi connectivity index (χ0) is 23.5. The normalized spacial score (nSPS) is 18.8. The summed E-state index contributed by atoms with van der Waals surface area (Å²) in [5.41, 5.74) is 1.37. The standard InChI is InChI=1S/C23H27N5O5/c1-17-5-4-10-26(16-17)20-9-8-18(15-22(20)28(32)33)23(29)25-13-11-24(12-14-25)19-6-2-3-7-21(19)27(30)31/h2-3,6-9,15,17H,4-5,10-14,16H2,1H3. The molecular formula is C23H27N5O5. The van der Waals surface area contributed by atoms with Gasteiger partial charge in [-0.2, -0.15) is 0 Å². The Hall–Kier alpha value is -3.69. The third-order valence-corrected chi connectivity index (χ3v) is 6.40. The highest BCUT2D eigenvalue weighted by Crippen LogP contribution is 2.33. The number of anilines is 2. The topological polar surface area (TPSA) is 113 Å². The summed E-state index contributed by atoms with van der Waals surface area (Å²) in [6.07, 6.45) is 2.10. The highest BCUT2D eigenvalue weighted by molar-refractivity contribution is 5.96. The molecule has 2 aliphatic rings. The number of piperidine rings is 1. The summed E-state index contributed by atoms with van der Waals surface area (Å²) in [7, 11) is 0. The predicted molar refractivity (Wildman–Crippen MR) is 125 cm³/mol. The first-order valence-electron chi connectivity index (χ1n) is 11.2. The molecule has 2 aromatic carbocycles. The van der Waals surface area contributed by atoms with Gasteiger partial charge in [-0.25, -0.2) is 0 Å². The number of amides is 1. The molecule has 1 amide bonds. The first-order chi connectivity index (χ1) is 15.8. The van der Waals surface area contributed by atoms with Gasteiger partial charge < -0.3 is 14.7 Å². The number of rotatable bonds is 5. The third-order valence-electron chi connectivity index (χ3n) is 6.40. The number of piperazine rings is 1. The van der Waals surface area contributed by atoms with Gasteiger partial charge in [-0.1, -0.05) is 19.1 Å². The van der Waals surface area contributed by atoms with E-state index < -0.39 is 9.85 Å². The SMILES string of the molecule is CC1CCCN(c2ccc(C(=O)N3CCN(c4ccccc4[N+](=O)[O-])CC3)cc2[N+](=O)[O-])C1. The molecule has 0 bridgehead atoms. The van der Waals surface area contributed by atoms with Crippen molar-refractivity contribution in [3.8, 4) is 0 Å². The molecule has 2 fully saturated rings. The first kappa shape index (κ1) is 22.5. The Kier molecular flexibility index (Phi) is 6.43. The van der Waals surface area contributed by atoms with Gasteiger partial charge >= 0.3 is 0 Å². The van der Waals surface area contributed by atoms with Crippen LogP contribution in [-0.4, -0.2) is 59.9 Å². The molecule has 0 aromatic heterocycles. The van der Waals surface area contributed by atoms with Crippen molar-refractivity contribution in [2.45, 2.75) is 19.8 Å². The number of nitro groups is 2. The molecule has 2 aliphatic heterocycles. The fourth-order valence-corrected chi connectivity index (χ4v) is 4.70. The Bertz CT molecular complexity index is 1070. The molecule has 10 heteroatoms. The molecule has 1 atom stereocenters. The maximum absolute atomic E-state index is 13.1. The minimum Gasteiger partial charge on any atom is -0.366 e. The fourth-order valence-electron chi connectivity index (χ4n) is 4.70. The maximum atomic E-state index is 13.1. The van der Waals surface area contributed by atoms with Crippen molar-refractivity contribution in [2.24, 2.45) is 5.92 Å². The lowest BCUT2D eigenvalue weighted by molar-refractivity contribution is -0.384. The molecule has 0 aliphatic carbocycles. The van der Waals surface area contributed by atoms with Gasteiger partial charge in [0, 0.05) is 57.0 Å². The van der Waals surface area contributed by atoms with E-state index in [-0.39, 0.29) is 22.8 Å². The van der Waals surface area contributed by atoms with E-state index in [4.69, 9.17) is 0 Å². The zero-order valence-electron chi connectivity index (χ0n) is 18.6. The average Bonchev–Trinajstić information content (AvgIpc) is 2.83. The van der Waals surface area contributed by atoms with Crippen LogP contribution in [0.2, 0.25) is 0 Å². The number of hydrogen-bond donors (Lipinski definition) is 0. The van der Waals surface area contributed by atoms with E-state index in [0.29, 0.717) is 43.5 Å². The summed E-state index contributed by atoms with van der Waals surface area (Å²) in [6, 6.07) is 11.3. The molecule has 10 nitrogen and oxygen atoms in total. The quantitative estimate of drug-likeness (QED) is 0.501. The smallest absolute Gasteiger partial charge is 0.293 e. The van der Waals surface area contributed by atoms with Crippen molar-refractivity contribution >= 4 is 28.7 Å². The van der Waals surface area contributed by atoms with Crippen molar-refractivity contribution in [3.63, 3.8) is 0 Å². The van der Waals surface area contributed by atoms with E-state index in [1.54, 1.807) is 35.2 Å². The zero-order valence-corrected chi connectivity index (χ0v) is 18.6. The van der Waals surface area contributed by atoms with Gasteiger partial charge in [0.2, 0.25) is 0 Å². The molecule has 33 heavy (non-hydrogen) atoms. The lowest BCUT2D eigenvalue weighted by Crippen LogP contribution is -2.49. The number of para-hydroxylation sites is 2. The van der Waals surface area contributed by atoms with Crippen LogP contribution < -0.4 is 9.80 Å². The number of nitro benzene ring substituents is 2. The van der Waals surface area contributed by atoms with E-state index in [0.717, 1.165) is 25.9 Å². The highest BCUT2D eigenvalue weighted by Gasteiger charge is 2.29. The number of nitrogens with zero attached hydrogens (tertiary/aromatic N) is 5. The summed E-state index contributed by atoms with van der Waals surface area (Å²) >= 11 is 0. The number of hydrogen-bond acceptors (Lipinski definition) is 7. The van der Waals surface area contributed by atoms with E-state index in [1.807, 2.05) is 9.80 Å². The summed E-state index contributed by atoms with van der Waals surface area (Å²) in [5.74, 6) is 0.204. The van der Waals surface area contributed by atoms with Gasteiger partial charge in [0.15, 0.2) is 0 Å². The molecule has 1 unspecified atom stereocenters. The fraction of sp³-hybridized carbons (Fsp3) is 0.435. The van der Waals surface area contributed by atoms with Crippen molar-refractivity contribution in [1.82, 2.24) is 4.90 Å². The third kappa shape index (κ3) is 4.74. The van der Waals surface area contributed by atoms with Crippen LogP contribution in [0.5, 0.6) is 0 Å². The summed E-state index contributed by atoms with van der Waals surface area (Å²) in [6.45, 7) is 5.33. The molecule has 174 valence electrons. The lowest BCUT2D eigenvalue weighted by Gasteiger charge is -2.36. The van der Waals surface area contributed by atoms with Gasteiger partial charge in [0.25, 0.3) is 17.3 Å². The maximum Gasteiger partial charge on any atom is 0.293 e. The minimum atomic E-state index is -0.419. The molecule has 0 N–H and O–H groups in total. The van der Waals surface area contributed by atoms with Crippen LogP contribution in [0.4, 0.5) is 22.7 Å². The van der Waals surface area contributed by atoms with Crippen LogP contribution in [0, 0.1) is 26.1 Å². The second-order valence-corrected chi connectivity index (χ2v) is 8.68. The Morgan fingerprint density at radius 3 is 2.21 bits per heavy atom. The number of carbonyl (C=O) groups is 1. The van der Waals surface area contributed by atoms with E-state index in [1.165, 1.54) is 12.1 Å². The molecule has 2 heterocycles. The number of carbonyl (C=O) groups excluding carboxylic acids is 1. The highest BCUT2D eigenvalue weighted by atomic mass is 16.6. The molecule has 0 saturated carbocycles. The van der Waals surface area contributed by atoms with Gasteiger partial charge in [-0.3, -0.25) is 25.0 Å². The van der Waals surface area contributed by atoms with Crippen molar-refractivity contribution in [2.75, 3.05) is 49.1 Å². The van der Waals surface area contributed by atoms with E-state index >= 15 is 0 Å². The Labute approximate surface area is 191 Å². The summed E-state index contributed by atoms with van der Waals surface area (Å²) in [4.78, 5) is 40.9. The van der Waals surface area contributed by atoms with E-state index in [2.05, 4.69) is 6.92 Å². The Morgan fingerprint density at radius 2 is 1.55 bits per heavy atom. The minimum absolute atomic E-state index is 0.0375. The van der Waals surface area contributed by atoms with Crippen LogP contribution in [-0.2, 0) is 0 Å². The van der Waals surface area contributed by atoms with Gasteiger partial charge in [0.1, 0.15) is 11.4 Å². The van der Waals surface area contributed by atoms with Crippen molar-refractivity contribution in [3.05, 3.63) is 68.3 Å². The number of benzene rings is 2. The second-order valence-electron chi connectivity index (χ2n) is 8.68. The van der Waals surface area contributed by atoms with Crippen LogP contribution in [0.15, 0.2) is 42.5 Å². The molecule has 4 rings (SSSR count). The molecule has 0 radical (unpaired) electrons. The molecule has 2 aromatic rings. The van der Waals surface area contributed by atoms with Crippen LogP contribution >= 0.6 is 0 Å². The Morgan fingerprint density at radius 1 is 0.879 bits per heavy atom. The van der Waals surface area contributed by atoms with E-state index in [9.17, 15) is 25.0 Å². The van der Waals surface area contributed by atoms with Crippen molar-refractivity contribution in [1.29, 1.82) is 0 Å². The largest absolute Gasteiger partial charge is 0.366 e. The van der Waals surface area contributed by atoms with Gasteiger partial charge in [-0.15, -0.1) is 0 Å². The van der Waals surface area contributed by atoms with Crippen LogP contribution in [0.1, 0.15) is 30.1 Å². The summed E-state index contributed by atoms with van der Waals surface area (Å²) < 4.78 is 0. The predicted octanol–water partition coefficient (Wildman–Crippen LogP) is 3.70. The van der Waals surface area contributed by atoms with Crippen LogP contribution in [0.3, 0.4) is 0 Å². The van der Waals surface area contributed by atoms with Gasteiger partial charge in [-0.05, 0) is 37.0 Å². The lowest BCUT2D eigenvalue weighted by atomic mass is 9.99. The molecule has 2 saturated heterocycles. The monoisotopic (exact) mass is 453 g/mol. The molecule has 0 spiro atoms. The Balaban J connectivity index is 1.48. The van der Waals surface area contributed by atoms with Crippen LogP contribution in [0.25, 0.3) is 0 Å². The average molecular weight is 453 g/mol. The molecular weight excluding hydrogens is 426 g/mol. The second kappa shape index (κ2) is 9.43. The van der Waals surface area contributed by atoms with Crippen molar-refractivity contribution < 1.29 is 14.6 Å². The van der Waals surface area contributed by atoms with Gasteiger partial charge in [0.05, 0.1) is 9.85 Å². The first-order valence-corrected chi connectivity index (χ1v) is 11.2. The summed E-state index contributed by atoms with van der Waals surface area (Å²) in [5, 5.41) is 23.1.